The van der Waals surface area contributed by atoms with Crippen molar-refractivity contribution < 1.29 is 26.8 Å². The van der Waals surface area contributed by atoms with Crippen LogP contribution in [-0.2, 0) is 21.4 Å². The fraction of sp³-hybridized carbons (Fsp3) is 0.227. The van der Waals surface area contributed by atoms with E-state index >= 15 is 0 Å². The largest absolute Gasteiger partial charge is 0.494 e. The first-order valence-electron chi connectivity index (χ1n) is 9.61. The van der Waals surface area contributed by atoms with Crippen LogP contribution < -0.4 is 10.1 Å². The number of halogens is 1. The van der Waals surface area contributed by atoms with Gasteiger partial charge in [0.05, 0.1) is 36.5 Å². The van der Waals surface area contributed by atoms with Crippen LogP contribution in [0.3, 0.4) is 0 Å². The number of nitrogens with zero attached hydrogens (tertiary/aromatic N) is 1. The second kappa shape index (κ2) is 9.76. The predicted octanol–water partition coefficient (Wildman–Crippen LogP) is 3.96. The molecular formula is C22H23FN2O5S. The first-order valence-corrected chi connectivity index (χ1v) is 11.0. The van der Waals surface area contributed by atoms with E-state index < -0.39 is 28.3 Å². The average molecular weight is 447 g/mol. The molecule has 0 aliphatic heterocycles. The van der Waals surface area contributed by atoms with E-state index in [1.807, 2.05) is 6.92 Å². The maximum absolute atomic E-state index is 14.1. The third-order valence-corrected chi connectivity index (χ3v) is 6.21. The maximum atomic E-state index is 14.1. The molecule has 0 saturated carbocycles. The van der Waals surface area contributed by atoms with Gasteiger partial charge in [0, 0.05) is 0 Å². The van der Waals surface area contributed by atoms with Gasteiger partial charge in [0.25, 0.3) is 0 Å². The number of hydrogen-bond donors (Lipinski definition) is 1. The lowest BCUT2D eigenvalue weighted by Gasteiger charge is -2.21. The summed E-state index contributed by atoms with van der Waals surface area (Å²) >= 11 is 0. The lowest BCUT2D eigenvalue weighted by Crippen LogP contribution is -2.37. The van der Waals surface area contributed by atoms with Crippen LogP contribution in [0.15, 0.2) is 70.2 Å². The fourth-order valence-electron chi connectivity index (χ4n) is 2.90. The Balaban J connectivity index is 1.83. The van der Waals surface area contributed by atoms with E-state index in [2.05, 4.69) is 5.32 Å². The van der Waals surface area contributed by atoms with Crippen LogP contribution in [0.4, 0.5) is 10.1 Å². The molecule has 0 atom stereocenters. The van der Waals surface area contributed by atoms with Gasteiger partial charge in [0.15, 0.2) is 0 Å². The van der Waals surface area contributed by atoms with Gasteiger partial charge < -0.3 is 14.5 Å². The number of carbonyl (C=O) groups excluding carboxylic acids is 1. The van der Waals surface area contributed by atoms with E-state index in [1.165, 1.54) is 30.5 Å². The van der Waals surface area contributed by atoms with Crippen molar-refractivity contribution in [3.63, 3.8) is 0 Å². The Kier molecular flexibility index (Phi) is 7.09. The number of nitrogens with one attached hydrogen (secondary N) is 1. The second-order valence-corrected chi connectivity index (χ2v) is 8.73. The summed E-state index contributed by atoms with van der Waals surface area (Å²) in [6.07, 6.45) is 1.42. The minimum Gasteiger partial charge on any atom is -0.494 e. The highest BCUT2D eigenvalue weighted by Crippen LogP contribution is 2.22. The Hall–Kier alpha value is -3.17. The standard InChI is InChI=1S/C22H23FN2O5S/c1-3-29-17-7-9-19(10-8-17)31(27,28)25(14-18-5-4-12-30-18)15-22(26)24-21-11-6-16(2)13-20(21)23/h4-13H,3,14-15H2,1-2H3,(H,24,26). The van der Waals surface area contributed by atoms with Crippen molar-refractivity contribution in [1.82, 2.24) is 4.31 Å². The van der Waals surface area contributed by atoms with E-state index in [0.717, 1.165) is 4.31 Å². The van der Waals surface area contributed by atoms with Crippen molar-refractivity contribution in [2.45, 2.75) is 25.3 Å². The topological polar surface area (TPSA) is 88.9 Å². The van der Waals surface area contributed by atoms with E-state index in [0.29, 0.717) is 23.7 Å². The summed E-state index contributed by atoms with van der Waals surface area (Å²) in [7, 11) is -4.05. The zero-order chi connectivity index (χ0) is 22.4. The summed E-state index contributed by atoms with van der Waals surface area (Å²) < 4.78 is 52.1. The van der Waals surface area contributed by atoms with Crippen LogP contribution in [0.25, 0.3) is 0 Å². The molecule has 1 heterocycles. The van der Waals surface area contributed by atoms with Crippen LogP contribution >= 0.6 is 0 Å². The molecule has 3 aromatic rings. The number of furan rings is 1. The molecule has 0 bridgehead atoms. The van der Waals surface area contributed by atoms with Gasteiger partial charge >= 0.3 is 0 Å². The highest BCUT2D eigenvalue weighted by Gasteiger charge is 2.28. The molecule has 0 aliphatic carbocycles. The molecule has 0 saturated heterocycles. The van der Waals surface area contributed by atoms with Gasteiger partial charge in [-0.1, -0.05) is 6.07 Å². The first kappa shape index (κ1) is 22.5. The van der Waals surface area contributed by atoms with Crippen LogP contribution in [0, 0.1) is 12.7 Å². The maximum Gasteiger partial charge on any atom is 0.243 e. The lowest BCUT2D eigenvalue weighted by molar-refractivity contribution is -0.116. The number of amides is 1. The van der Waals surface area contributed by atoms with Crippen LogP contribution in [0.5, 0.6) is 5.75 Å². The van der Waals surface area contributed by atoms with Crippen LogP contribution in [0.2, 0.25) is 0 Å². The number of rotatable bonds is 9. The SMILES string of the molecule is CCOc1ccc(S(=O)(=O)N(CC(=O)Nc2ccc(C)cc2F)Cc2ccco2)cc1. The van der Waals surface area contributed by atoms with Gasteiger partial charge in [-0.15, -0.1) is 0 Å². The van der Waals surface area contributed by atoms with Gasteiger partial charge in [-0.3, -0.25) is 4.79 Å². The van der Waals surface area contributed by atoms with Gasteiger partial charge in [-0.05, 0) is 67.9 Å². The summed E-state index contributed by atoms with van der Waals surface area (Å²) in [5.41, 5.74) is 0.681. The Morgan fingerprint density at radius 2 is 1.90 bits per heavy atom. The molecule has 164 valence electrons. The quantitative estimate of drug-likeness (QED) is 0.538. The number of hydrogen-bond acceptors (Lipinski definition) is 5. The molecule has 9 heteroatoms. The molecule has 31 heavy (non-hydrogen) atoms. The third kappa shape index (κ3) is 5.71. The Bertz CT molecular complexity index is 1130. The summed E-state index contributed by atoms with van der Waals surface area (Å²) in [4.78, 5) is 12.6. The minimum atomic E-state index is -4.05. The molecular weight excluding hydrogens is 423 g/mol. The Labute approximate surface area is 180 Å². The van der Waals surface area contributed by atoms with Gasteiger partial charge in [0.2, 0.25) is 15.9 Å². The van der Waals surface area contributed by atoms with Crippen molar-refractivity contribution in [3.05, 3.63) is 78.0 Å². The molecule has 0 unspecified atom stereocenters. The molecule has 3 rings (SSSR count). The molecule has 1 aromatic heterocycles. The number of sulfonamides is 1. The van der Waals surface area contributed by atoms with Crippen LogP contribution in [-0.4, -0.2) is 31.8 Å². The molecule has 0 fully saturated rings. The molecule has 7 nitrogen and oxygen atoms in total. The summed E-state index contributed by atoms with van der Waals surface area (Å²) in [5, 5.41) is 2.43. The van der Waals surface area contributed by atoms with Gasteiger partial charge in [-0.25, -0.2) is 12.8 Å². The second-order valence-electron chi connectivity index (χ2n) is 6.79. The van der Waals surface area contributed by atoms with Crippen molar-refractivity contribution in [2.24, 2.45) is 0 Å². The zero-order valence-electron chi connectivity index (χ0n) is 17.2. The highest BCUT2D eigenvalue weighted by atomic mass is 32.2. The summed E-state index contributed by atoms with van der Waals surface area (Å²) in [6.45, 7) is 3.32. The average Bonchev–Trinajstić information content (AvgIpc) is 3.23. The highest BCUT2D eigenvalue weighted by molar-refractivity contribution is 7.89. The number of benzene rings is 2. The number of carbonyl (C=O) groups is 1. The zero-order valence-corrected chi connectivity index (χ0v) is 18.0. The van der Waals surface area contributed by atoms with Gasteiger partial charge in [-0.2, -0.15) is 4.31 Å². The summed E-state index contributed by atoms with van der Waals surface area (Å²) in [6, 6.07) is 13.5. The number of anilines is 1. The lowest BCUT2D eigenvalue weighted by atomic mass is 10.2. The fourth-order valence-corrected chi connectivity index (χ4v) is 4.26. The molecule has 0 radical (unpaired) electrons. The van der Waals surface area contributed by atoms with E-state index in [1.54, 1.807) is 37.3 Å². The van der Waals surface area contributed by atoms with Gasteiger partial charge in [0.1, 0.15) is 17.3 Å². The molecule has 1 N–H and O–H groups in total. The normalized spacial score (nSPS) is 11.5. The van der Waals surface area contributed by atoms with Crippen molar-refractivity contribution in [2.75, 3.05) is 18.5 Å². The molecule has 0 aliphatic rings. The van der Waals surface area contributed by atoms with Crippen LogP contribution in [0.1, 0.15) is 18.2 Å². The van der Waals surface area contributed by atoms with Crippen molar-refractivity contribution in [1.29, 1.82) is 0 Å². The van der Waals surface area contributed by atoms with Crippen molar-refractivity contribution in [3.8, 4) is 5.75 Å². The van der Waals surface area contributed by atoms with Crippen molar-refractivity contribution >= 4 is 21.6 Å². The Morgan fingerprint density at radius 3 is 2.52 bits per heavy atom. The third-order valence-electron chi connectivity index (χ3n) is 4.40. The number of aryl methyl sites for hydroxylation is 1. The molecule has 1 amide bonds. The van der Waals surface area contributed by atoms with E-state index in [-0.39, 0.29) is 17.1 Å². The van der Waals surface area contributed by atoms with E-state index in [9.17, 15) is 17.6 Å². The summed E-state index contributed by atoms with van der Waals surface area (Å²) in [5.74, 6) is -0.375. The first-order chi connectivity index (χ1) is 14.8. The smallest absolute Gasteiger partial charge is 0.243 e. The van der Waals surface area contributed by atoms with E-state index in [4.69, 9.17) is 9.15 Å². The monoisotopic (exact) mass is 446 g/mol. The molecule has 2 aromatic carbocycles. The Morgan fingerprint density at radius 1 is 1.16 bits per heavy atom. The molecule has 0 spiro atoms. The minimum absolute atomic E-state index is 0.00294. The number of ether oxygens (including phenoxy) is 1. The predicted molar refractivity (Wildman–Crippen MR) is 114 cm³/mol.